The Kier molecular flexibility index (Phi) is 4.34. The second-order valence-corrected chi connectivity index (χ2v) is 4.39. The number of hydrogen-bond acceptors (Lipinski definition) is 4. The van der Waals surface area contributed by atoms with E-state index < -0.39 is 5.97 Å². The van der Waals surface area contributed by atoms with Crippen molar-refractivity contribution in [3.05, 3.63) is 41.7 Å². The second kappa shape index (κ2) is 6.19. The highest BCUT2D eigenvalue weighted by Crippen LogP contribution is 2.19. The van der Waals surface area contributed by atoms with Gasteiger partial charge in [-0.2, -0.15) is 5.10 Å². The summed E-state index contributed by atoms with van der Waals surface area (Å²) in [5.74, 6) is -1.25. The molecule has 7 heteroatoms. The van der Waals surface area contributed by atoms with Crippen molar-refractivity contribution in [2.45, 2.75) is 13.5 Å². The molecule has 110 valence electrons. The molecule has 0 aliphatic rings. The van der Waals surface area contributed by atoms with Gasteiger partial charge in [0.15, 0.2) is 0 Å². The summed E-state index contributed by atoms with van der Waals surface area (Å²) in [5.41, 5.74) is 1.77. The van der Waals surface area contributed by atoms with Crippen LogP contribution in [0.5, 0.6) is 0 Å². The molecule has 21 heavy (non-hydrogen) atoms. The number of carboxylic acids is 1. The molecule has 2 aromatic rings. The third-order valence-electron chi connectivity index (χ3n) is 2.79. The number of aromatic nitrogens is 2. The van der Waals surface area contributed by atoms with E-state index in [4.69, 9.17) is 9.84 Å². The molecular formula is C14H15N3O4. The van der Waals surface area contributed by atoms with Crippen LogP contribution in [0.1, 0.15) is 23.0 Å². The van der Waals surface area contributed by atoms with Crippen molar-refractivity contribution in [3.63, 3.8) is 0 Å². The predicted molar refractivity (Wildman–Crippen MR) is 75.5 cm³/mol. The molecule has 0 atom stereocenters. The van der Waals surface area contributed by atoms with E-state index in [1.807, 2.05) is 0 Å². The number of carboxylic acid groups (broad SMARTS) is 1. The van der Waals surface area contributed by atoms with Crippen LogP contribution in [-0.4, -0.2) is 33.9 Å². The number of aromatic carboxylic acids is 1. The van der Waals surface area contributed by atoms with Crippen LogP contribution in [-0.2, 0) is 16.1 Å². The zero-order valence-corrected chi connectivity index (χ0v) is 11.7. The molecule has 0 fully saturated rings. The molecule has 0 saturated carbocycles. The number of nitrogens with one attached hydrogen (secondary N) is 1. The van der Waals surface area contributed by atoms with Crippen LogP contribution in [0.25, 0.3) is 5.69 Å². The zero-order chi connectivity index (χ0) is 15.4. The largest absolute Gasteiger partial charge is 0.478 e. The number of carbonyl (C=O) groups is 2. The molecule has 0 spiro atoms. The van der Waals surface area contributed by atoms with E-state index in [-0.39, 0.29) is 18.1 Å². The number of carbonyl (C=O) groups excluding carboxylic acids is 1. The molecule has 0 bridgehead atoms. The lowest BCUT2D eigenvalue weighted by Gasteiger charge is -2.09. The lowest BCUT2D eigenvalue weighted by Crippen LogP contribution is -2.09. The van der Waals surface area contributed by atoms with E-state index >= 15 is 0 Å². The van der Waals surface area contributed by atoms with Crippen molar-refractivity contribution in [2.24, 2.45) is 0 Å². The number of nitrogens with zero attached hydrogens (tertiary/aromatic N) is 2. The summed E-state index contributed by atoms with van der Waals surface area (Å²) in [6.07, 6.45) is 1.28. The van der Waals surface area contributed by atoms with Gasteiger partial charge in [-0.3, -0.25) is 4.79 Å². The van der Waals surface area contributed by atoms with Gasteiger partial charge >= 0.3 is 5.97 Å². The van der Waals surface area contributed by atoms with Gasteiger partial charge in [-0.15, -0.1) is 0 Å². The predicted octanol–water partition coefficient (Wildman–Crippen LogP) is 1.68. The monoisotopic (exact) mass is 289 g/mol. The van der Waals surface area contributed by atoms with Gasteiger partial charge in [0.2, 0.25) is 5.91 Å². The molecule has 0 aliphatic carbocycles. The molecule has 1 amide bonds. The molecular weight excluding hydrogens is 274 g/mol. The summed E-state index contributed by atoms with van der Waals surface area (Å²) < 4.78 is 6.52. The SMILES string of the molecule is COCc1c(C(=O)O)cnn1-c1cccc(NC(C)=O)c1. The number of anilines is 1. The Morgan fingerprint density at radius 1 is 1.43 bits per heavy atom. The number of amides is 1. The molecule has 1 heterocycles. The first kappa shape index (κ1) is 14.7. The fourth-order valence-electron chi connectivity index (χ4n) is 1.97. The van der Waals surface area contributed by atoms with Gasteiger partial charge in [0.05, 0.1) is 24.2 Å². The van der Waals surface area contributed by atoms with E-state index in [0.29, 0.717) is 17.1 Å². The Labute approximate surface area is 121 Å². The Hall–Kier alpha value is -2.67. The summed E-state index contributed by atoms with van der Waals surface area (Å²) in [6.45, 7) is 1.53. The summed E-state index contributed by atoms with van der Waals surface area (Å²) in [5, 5.41) is 15.9. The van der Waals surface area contributed by atoms with Gasteiger partial charge in [0.1, 0.15) is 5.56 Å². The highest BCUT2D eigenvalue weighted by atomic mass is 16.5. The summed E-state index contributed by atoms with van der Waals surface area (Å²) in [7, 11) is 1.48. The Morgan fingerprint density at radius 3 is 2.81 bits per heavy atom. The average Bonchev–Trinajstić information content (AvgIpc) is 2.82. The van der Waals surface area contributed by atoms with E-state index in [1.165, 1.54) is 24.9 Å². The minimum Gasteiger partial charge on any atom is -0.478 e. The van der Waals surface area contributed by atoms with Gasteiger partial charge in [-0.1, -0.05) is 6.07 Å². The molecule has 0 saturated heterocycles. The molecule has 2 rings (SSSR count). The van der Waals surface area contributed by atoms with E-state index in [1.54, 1.807) is 24.3 Å². The molecule has 0 radical (unpaired) electrons. The first-order valence-electron chi connectivity index (χ1n) is 6.20. The first-order chi connectivity index (χ1) is 10.0. The number of methoxy groups -OCH3 is 1. The third kappa shape index (κ3) is 3.26. The van der Waals surface area contributed by atoms with Gasteiger partial charge in [0, 0.05) is 19.7 Å². The quantitative estimate of drug-likeness (QED) is 0.873. The number of benzene rings is 1. The fourth-order valence-corrected chi connectivity index (χ4v) is 1.97. The first-order valence-corrected chi connectivity index (χ1v) is 6.20. The maximum Gasteiger partial charge on any atom is 0.339 e. The van der Waals surface area contributed by atoms with Crippen LogP contribution < -0.4 is 5.32 Å². The van der Waals surface area contributed by atoms with Crippen molar-refractivity contribution >= 4 is 17.6 Å². The van der Waals surface area contributed by atoms with Crippen LogP contribution in [0.15, 0.2) is 30.5 Å². The lowest BCUT2D eigenvalue weighted by molar-refractivity contribution is -0.114. The molecule has 2 N–H and O–H groups in total. The second-order valence-electron chi connectivity index (χ2n) is 4.39. The van der Waals surface area contributed by atoms with E-state index in [9.17, 15) is 9.59 Å². The molecule has 1 aromatic carbocycles. The molecule has 7 nitrogen and oxygen atoms in total. The standard InChI is InChI=1S/C14H15N3O4/c1-9(18)16-10-4-3-5-11(6-10)17-13(8-21-2)12(7-15-17)14(19)20/h3-7H,8H2,1-2H3,(H,16,18)(H,19,20). The van der Waals surface area contributed by atoms with Gasteiger partial charge in [-0.05, 0) is 18.2 Å². The van der Waals surface area contributed by atoms with E-state index in [2.05, 4.69) is 10.4 Å². The topological polar surface area (TPSA) is 93.4 Å². The van der Waals surface area contributed by atoms with Crippen molar-refractivity contribution in [1.82, 2.24) is 9.78 Å². The maximum absolute atomic E-state index is 11.2. The smallest absolute Gasteiger partial charge is 0.339 e. The summed E-state index contributed by atoms with van der Waals surface area (Å²) >= 11 is 0. The minimum atomic E-state index is -1.06. The highest BCUT2D eigenvalue weighted by Gasteiger charge is 2.17. The van der Waals surface area contributed by atoms with Crippen molar-refractivity contribution < 1.29 is 19.4 Å². The lowest BCUT2D eigenvalue weighted by atomic mass is 10.2. The van der Waals surface area contributed by atoms with Crippen molar-refractivity contribution in [2.75, 3.05) is 12.4 Å². The molecule has 0 aliphatic heterocycles. The number of rotatable bonds is 5. The summed E-state index contributed by atoms with van der Waals surface area (Å²) in [6, 6.07) is 6.96. The average molecular weight is 289 g/mol. The minimum absolute atomic E-state index is 0.0850. The maximum atomic E-state index is 11.2. The number of ether oxygens (including phenoxy) is 1. The fraction of sp³-hybridized carbons (Fsp3) is 0.214. The third-order valence-corrected chi connectivity index (χ3v) is 2.79. The zero-order valence-electron chi connectivity index (χ0n) is 11.7. The molecule has 1 aromatic heterocycles. The van der Waals surface area contributed by atoms with Crippen LogP contribution in [0, 0.1) is 0 Å². The molecule has 0 unspecified atom stereocenters. The van der Waals surface area contributed by atoms with Gasteiger partial charge < -0.3 is 15.2 Å². The normalized spacial score (nSPS) is 10.4. The van der Waals surface area contributed by atoms with Crippen LogP contribution >= 0.6 is 0 Å². The highest BCUT2D eigenvalue weighted by molar-refractivity contribution is 5.89. The van der Waals surface area contributed by atoms with Crippen LogP contribution in [0.2, 0.25) is 0 Å². The Balaban J connectivity index is 2.46. The van der Waals surface area contributed by atoms with Crippen molar-refractivity contribution in [1.29, 1.82) is 0 Å². The van der Waals surface area contributed by atoms with Crippen molar-refractivity contribution in [3.8, 4) is 5.69 Å². The number of hydrogen-bond donors (Lipinski definition) is 2. The van der Waals surface area contributed by atoms with Gasteiger partial charge in [0.25, 0.3) is 0 Å². The van der Waals surface area contributed by atoms with Crippen LogP contribution in [0.3, 0.4) is 0 Å². The Bertz CT molecular complexity index is 679. The van der Waals surface area contributed by atoms with E-state index in [0.717, 1.165) is 0 Å². The summed E-state index contributed by atoms with van der Waals surface area (Å²) in [4.78, 5) is 22.3. The van der Waals surface area contributed by atoms with Crippen LogP contribution in [0.4, 0.5) is 5.69 Å². The Morgan fingerprint density at radius 2 is 2.19 bits per heavy atom. The van der Waals surface area contributed by atoms with Gasteiger partial charge in [-0.25, -0.2) is 9.48 Å².